The molecule has 32 heavy (non-hydrogen) atoms. The van der Waals surface area contributed by atoms with Gasteiger partial charge in [-0.3, -0.25) is 0 Å². The Morgan fingerprint density at radius 3 is 2.59 bits per heavy atom. The van der Waals surface area contributed by atoms with Crippen molar-refractivity contribution in [2.75, 3.05) is 5.73 Å². The third-order valence-electron chi connectivity index (χ3n) is 5.99. The fourth-order valence-electron chi connectivity index (χ4n) is 4.62. The van der Waals surface area contributed by atoms with Crippen LogP contribution in [-0.2, 0) is 25.9 Å². The zero-order valence-electron chi connectivity index (χ0n) is 18.1. The summed E-state index contributed by atoms with van der Waals surface area (Å²) in [5.41, 5.74) is 11.9. The van der Waals surface area contributed by atoms with E-state index >= 15 is 0 Å². The smallest absolute Gasteiger partial charge is 0.327 e. The van der Waals surface area contributed by atoms with Crippen LogP contribution in [-0.4, -0.2) is 20.1 Å². The van der Waals surface area contributed by atoms with Crippen molar-refractivity contribution in [2.45, 2.75) is 45.6 Å². The highest BCUT2D eigenvalue weighted by molar-refractivity contribution is 6.01. The molecule has 1 aliphatic rings. The van der Waals surface area contributed by atoms with Gasteiger partial charge in [-0.2, -0.15) is 15.0 Å². The van der Waals surface area contributed by atoms with Gasteiger partial charge in [0.25, 0.3) is 0 Å². The highest BCUT2D eigenvalue weighted by Gasteiger charge is 2.21. The number of aliphatic hydroxyl groups excluding tert-OH is 1. The lowest BCUT2D eigenvalue weighted by Gasteiger charge is -2.22. The van der Waals surface area contributed by atoms with E-state index < -0.39 is 0 Å². The standard InChI is InChI=1S/C26H26N4O2/c1-2-5-18-14-19-8-3-6-17-7-4-9-21(22(17)19)23(18)24-28-25(27)30-26(29-24)32-20-12-10-16(15-31)11-13-20/h4,7,9-14,31H,2-3,5-6,8,15H2,1H3,(H2,27,28,29,30). The van der Waals surface area contributed by atoms with Gasteiger partial charge in [-0.15, -0.1) is 0 Å². The summed E-state index contributed by atoms with van der Waals surface area (Å²) in [6, 6.07) is 16.1. The molecule has 1 aromatic heterocycles. The predicted octanol–water partition coefficient (Wildman–Crippen LogP) is 5.00. The number of ether oxygens (including phenoxy) is 1. The minimum absolute atomic E-state index is 0.0194. The molecule has 0 atom stereocenters. The topological polar surface area (TPSA) is 94.2 Å². The molecular weight excluding hydrogens is 400 g/mol. The average Bonchev–Trinajstić information content (AvgIpc) is 2.80. The van der Waals surface area contributed by atoms with E-state index in [1.165, 1.54) is 33.9 Å². The second kappa shape index (κ2) is 8.55. The maximum atomic E-state index is 9.24. The molecule has 3 N–H and O–H groups in total. The van der Waals surface area contributed by atoms with Crippen molar-refractivity contribution in [1.29, 1.82) is 0 Å². The molecule has 0 aliphatic heterocycles. The van der Waals surface area contributed by atoms with Crippen LogP contribution in [0.5, 0.6) is 11.8 Å². The first-order valence-electron chi connectivity index (χ1n) is 11.1. The molecule has 4 aromatic rings. The molecule has 1 aliphatic carbocycles. The van der Waals surface area contributed by atoms with Gasteiger partial charge in [0.15, 0.2) is 5.82 Å². The normalized spacial score (nSPS) is 12.8. The summed E-state index contributed by atoms with van der Waals surface area (Å²) in [5.74, 6) is 1.24. The molecule has 0 bridgehead atoms. The number of anilines is 1. The summed E-state index contributed by atoms with van der Waals surface area (Å²) in [7, 11) is 0. The number of rotatable bonds is 6. The van der Waals surface area contributed by atoms with Gasteiger partial charge in [-0.05, 0) is 70.8 Å². The molecule has 6 heteroatoms. The minimum atomic E-state index is -0.0194. The first-order valence-corrected chi connectivity index (χ1v) is 11.1. The molecule has 3 aromatic carbocycles. The largest absolute Gasteiger partial charge is 0.424 e. The first kappa shape index (κ1) is 20.4. The third kappa shape index (κ3) is 3.78. The second-order valence-electron chi connectivity index (χ2n) is 8.22. The molecule has 0 amide bonds. The van der Waals surface area contributed by atoms with Crippen molar-refractivity contribution in [3.63, 3.8) is 0 Å². The molecule has 0 spiro atoms. The second-order valence-corrected chi connectivity index (χ2v) is 8.22. The number of hydrogen-bond donors (Lipinski definition) is 2. The lowest BCUT2D eigenvalue weighted by Crippen LogP contribution is -2.07. The van der Waals surface area contributed by atoms with E-state index in [0.717, 1.165) is 36.8 Å². The monoisotopic (exact) mass is 426 g/mol. The molecule has 1 heterocycles. The number of aryl methyl sites for hydroxylation is 3. The summed E-state index contributed by atoms with van der Waals surface area (Å²) in [5, 5.41) is 11.7. The number of hydrogen-bond acceptors (Lipinski definition) is 6. The summed E-state index contributed by atoms with van der Waals surface area (Å²) < 4.78 is 5.89. The van der Waals surface area contributed by atoms with Crippen LogP contribution < -0.4 is 10.5 Å². The summed E-state index contributed by atoms with van der Waals surface area (Å²) in [6.07, 6.45) is 5.34. The van der Waals surface area contributed by atoms with Crippen LogP contribution >= 0.6 is 0 Å². The first-order chi connectivity index (χ1) is 15.7. The van der Waals surface area contributed by atoms with Crippen LogP contribution in [0.15, 0.2) is 48.5 Å². The number of aromatic nitrogens is 3. The van der Waals surface area contributed by atoms with Gasteiger partial charge in [-0.25, -0.2) is 0 Å². The Hall–Kier alpha value is -3.51. The predicted molar refractivity (Wildman–Crippen MR) is 126 cm³/mol. The fourth-order valence-corrected chi connectivity index (χ4v) is 4.62. The number of benzene rings is 3. The zero-order chi connectivity index (χ0) is 22.1. The Labute approximate surface area is 187 Å². The Balaban J connectivity index is 1.65. The van der Waals surface area contributed by atoms with Crippen molar-refractivity contribution >= 4 is 16.7 Å². The molecule has 0 unspecified atom stereocenters. The molecule has 162 valence electrons. The van der Waals surface area contributed by atoms with Crippen molar-refractivity contribution in [3.8, 4) is 23.1 Å². The Morgan fingerprint density at radius 2 is 1.81 bits per heavy atom. The van der Waals surface area contributed by atoms with Crippen LogP contribution in [0, 0.1) is 0 Å². The van der Waals surface area contributed by atoms with E-state index in [1.807, 2.05) is 0 Å². The quantitative estimate of drug-likeness (QED) is 0.451. The van der Waals surface area contributed by atoms with Crippen LogP contribution in [0.3, 0.4) is 0 Å². The van der Waals surface area contributed by atoms with E-state index in [0.29, 0.717) is 11.6 Å². The van der Waals surface area contributed by atoms with E-state index in [4.69, 9.17) is 10.5 Å². The van der Waals surface area contributed by atoms with Crippen LogP contribution in [0.25, 0.3) is 22.2 Å². The van der Waals surface area contributed by atoms with E-state index in [2.05, 4.69) is 46.1 Å². The van der Waals surface area contributed by atoms with E-state index in [1.54, 1.807) is 24.3 Å². The SMILES string of the molecule is CCCc1cc2c3c(cccc3c1-c1nc(N)nc(Oc3ccc(CO)cc3)n1)CCC2. The van der Waals surface area contributed by atoms with Gasteiger partial charge in [-0.1, -0.05) is 49.7 Å². The zero-order valence-corrected chi connectivity index (χ0v) is 18.1. The van der Waals surface area contributed by atoms with E-state index in [-0.39, 0.29) is 18.6 Å². The van der Waals surface area contributed by atoms with E-state index in [9.17, 15) is 5.11 Å². The molecule has 0 radical (unpaired) electrons. The van der Waals surface area contributed by atoms with Gasteiger partial charge in [0.05, 0.1) is 6.61 Å². The fraction of sp³-hybridized carbons (Fsp3) is 0.269. The Morgan fingerprint density at radius 1 is 1.00 bits per heavy atom. The number of nitrogens with zero attached hydrogens (tertiary/aromatic N) is 3. The third-order valence-corrected chi connectivity index (χ3v) is 5.99. The molecule has 0 fully saturated rings. The highest BCUT2D eigenvalue weighted by Crippen LogP contribution is 2.39. The maximum Gasteiger partial charge on any atom is 0.327 e. The minimum Gasteiger partial charge on any atom is -0.424 e. The van der Waals surface area contributed by atoms with Crippen LogP contribution in [0.2, 0.25) is 0 Å². The van der Waals surface area contributed by atoms with Crippen LogP contribution in [0.1, 0.15) is 42.0 Å². The number of aliphatic hydroxyl groups is 1. The summed E-state index contributed by atoms with van der Waals surface area (Å²) >= 11 is 0. The molecule has 5 rings (SSSR count). The highest BCUT2D eigenvalue weighted by atomic mass is 16.5. The van der Waals surface area contributed by atoms with Crippen molar-refractivity contribution < 1.29 is 9.84 Å². The van der Waals surface area contributed by atoms with Gasteiger partial charge in [0, 0.05) is 5.56 Å². The van der Waals surface area contributed by atoms with Gasteiger partial charge in [0.2, 0.25) is 5.95 Å². The molecule has 0 saturated carbocycles. The summed E-state index contributed by atoms with van der Waals surface area (Å²) in [4.78, 5) is 13.4. The number of nitrogen functional groups attached to an aromatic ring is 1. The molecule has 6 nitrogen and oxygen atoms in total. The summed E-state index contributed by atoms with van der Waals surface area (Å²) in [6.45, 7) is 2.16. The van der Waals surface area contributed by atoms with Crippen molar-refractivity contribution in [2.24, 2.45) is 0 Å². The van der Waals surface area contributed by atoms with Crippen molar-refractivity contribution in [1.82, 2.24) is 15.0 Å². The Kier molecular flexibility index (Phi) is 5.45. The van der Waals surface area contributed by atoms with Gasteiger partial charge >= 0.3 is 6.01 Å². The Bertz CT molecular complexity index is 1290. The maximum absolute atomic E-state index is 9.24. The number of nitrogens with two attached hydrogens (primary N) is 1. The lowest BCUT2D eigenvalue weighted by molar-refractivity contribution is 0.281. The van der Waals surface area contributed by atoms with Gasteiger partial charge in [0.1, 0.15) is 5.75 Å². The molecule has 0 saturated heterocycles. The van der Waals surface area contributed by atoms with Crippen LogP contribution in [0.4, 0.5) is 5.95 Å². The van der Waals surface area contributed by atoms with Crippen molar-refractivity contribution in [3.05, 3.63) is 70.8 Å². The lowest BCUT2D eigenvalue weighted by atomic mass is 9.83. The average molecular weight is 427 g/mol. The van der Waals surface area contributed by atoms with Gasteiger partial charge < -0.3 is 15.6 Å². The molecular formula is C26H26N4O2.